The van der Waals surface area contributed by atoms with Gasteiger partial charge in [-0.3, -0.25) is 9.69 Å². The second-order valence-corrected chi connectivity index (χ2v) is 5.94. The van der Waals surface area contributed by atoms with Crippen LogP contribution in [0, 0.1) is 0 Å². The van der Waals surface area contributed by atoms with Crippen molar-refractivity contribution < 1.29 is 4.79 Å². The van der Waals surface area contributed by atoms with Crippen LogP contribution in [-0.2, 0) is 16.9 Å². The first-order valence-corrected chi connectivity index (χ1v) is 7.34. The molecular weight excluding hydrogens is 258 g/mol. The SMILES string of the molecule is C[C@@]12C(=O)C=C[C@@H](c3ccccc31)N2Cc1ccccc1. The molecule has 4 rings (SSSR count). The predicted octanol–water partition coefficient (Wildman–Crippen LogP) is 3.60. The van der Waals surface area contributed by atoms with Gasteiger partial charge in [-0.25, -0.2) is 0 Å². The van der Waals surface area contributed by atoms with Gasteiger partial charge >= 0.3 is 0 Å². The smallest absolute Gasteiger partial charge is 0.179 e. The number of rotatable bonds is 2. The lowest BCUT2D eigenvalue weighted by molar-refractivity contribution is -0.127. The van der Waals surface area contributed by atoms with E-state index in [-0.39, 0.29) is 11.8 Å². The number of hydrogen-bond donors (Lipinski definition) is 0. The molecule has 0 N–H and O–H groups in total. The van der Waals surface area contributed by atoms with Gasteiger partial charge in [0, 0.05) is 6.54 Å². The Bertz CT molecular complexity index is 734. The molecule has 2 heteroatoms. The van der Waals surface area contributed by atoms with Crippen LogP contribution >= 0.6 is 0 Å². The minimum absolute atomic E-state index is 0.180. The molecular formula is C19H17NO. The summed E-state index contributed by atoms with van der Waals surface area (Å²) in [5.41, 5.74) is 3.12. The standard InChI is InChI=1S/C19H17NO/c1-19-16-10-6-5-9-15(16)17(11-12-18(19)21)20(19)13-14-7-3-2-4-8-14/h2-12,17H,13H2,1H3/t17-,19-/m0/s1. The highest BCUT2D eigenvalue weighted by Gasteiger charge is 2.52. The fourth-order valence-corrected chi connectivity index (χ4v) is 3.66. The number of nitrogens with zero attached hydrogens (tertiary/aromatic N) is 1. The second kappa shape index (κ2) is 4.40. The van der Waals surface area contributed by atoms with Gasteiger partial charge in [0.2, 0.25) is 0 Å². The van der Waals surface area contributed by atoms with Crippen molar-refractivity contribution in [3.05, 3.63) is 83.4 Å². The van der Waals surface area contributed by atoms with Crippen molar-refractivity contribution >= 4 is 5.78 Å². The Hall–Kier alpha value is -2.19. The summed E-state index contributed by atoms with van der Waals surface area (Å²) in [4.78, 5) is 14.9. The zero-order chi connectivity index (χ0) is 14.4. The molecule has 2 nitrogen and oxygen atoms in total. The summed E-state index contributed by atoms with van der Waals surface area (Å²) in [7, 11) is 0. The maximum atomic E-state index is 12.6. The summed E-state index contributed by atoms with van der Waals surface area (Å²) >= 11 is 0. The minimum atomic E-state index is -0.536. The Morgan fingerprint density at radius 2 is 1.76 bits per heavy atom. The van der Waals surface area contributed by atoms with Gasteiger partial charge in [0.15, 0.2) is 5.78 Å². The Kier molecular flexibility index (Phi) is 2.63. The Morgan fingerprint density at radius 1 is 1.05 bits per heavy atom. The third-order valence-electron chi connectivity index (χ3n) is 4.82. The van der Waals surface area contributed by atoms with Gasteiger partial charge in [-0.05, 0) is 29.7 Å². The lowest BCUT2D eigenvalue weighted by Gasteiger charge is -2.39. The van der Waals surface area contributed by atoms with Gasteiger partial charge in [0.25, 0.3) is 0 Å². The van der Waals surface area contributed by atoms with E-state index in [4.69, 9.17) is 0 Å². The highest BCUT2D eigenvalue weighted by molar-refractivity contribution is 6.01. The van der Waals surface area contributed by atoms with Gasteiger partial charge in [-0.1, -0.05) is 60.7 Å². The van der Waals surface area contributed by atoms with Gasteiger partial charge in [0.05, 0.1) is 6.04 Å². The fraction of sp³-hybridized carbons (Fsp3) is 0.211. The van der Waals surface area contributed by atoms with E-state index in [0.717, 1.165) is 12.1 Å². The molecule has 0 fully saturated rings. The number of carbonyl (C=O) groups excluding carboxylic acids is 1. The van der Waals surface area contributed by atoms with E-state index in [0.29, 0.717) is 0 Å². The Balaban J connectivity index is 1.83. The van der Waals surface area contributed by atoms with E-state index in [1.165, 1.54) is 11.1 Å². The summed E-state index contributed by atoms with van der Waals surface area (Å²) < 4.78 is 0. The number of fused-ring (bicyclic) bond motifs is 5. The van der Waals surface area contributed by atoms with Gasteiger partial charge in [-0.15, -0.1) is 0 Å². The summed E-state index contributed by atoms with van der Waals surface area (Å²) in [5.74, 6) is 0.180. The van der Waals surface area contributed by atoms with Gasteiger partial charge < -0.3 is 0 Å². The Labute approximate surface area is 124 Å². The van der Waals surface area contributed by atoms with Crippen molar-refractivity contribution in [2.24, 2.45) is 0 Å². The lowest BCUT2D eigenvalue weighted by Crippen LogP contribution is -2.47. The molecule has 0 saturated heterocycles. The van der Waals surface area contributed by atoms with E-state index < -0.39 is 5.54 Å². The summed E-state index contributed by atoms with van der Waals surface area (Å²) in [5, 5.41) is 0. The molecule has 2 atom stereocenters. The van der Waals surface area contributed by atoms with Gasteiger partial charge in [-0.2, -0.15) is 0 Å². The maximum absolute atomic E-state index is 12.6. The minimum Gasteiger partial charge on any atom is -0.292 e. The average molecular weight is 275 g/mol. The van der Waals surface area contributed by atoms with Crippen molar-refractivity contribution in [1.29, 1.82) is 0 Å². The van der Waals surface area contributed by atoms with Crippen LogP contribution in [-0.4, -0.2) is 10.7 Å². The first-order valence-electron chi connectivity index (χ1n) is 7.34. The molecule has 0 aliphatic carbocycles. The highest BCUT2D eigenvalue weighted by Crippen LogP contribution is 2.50. The molecule has 2 bridgehead atoms. The van der Waals surface area contributed by atoms with Crippen LogP contribution < -0.4 is 0 Å². The molecule has 2 aromatic rings. The van der Waals surface area contributed by atoms with Crippen LogP contribution in [0.1, 0.15) is 29.7 Å². The zero-order valence-electron chi connectivity index (χ0n) is 12.0. The van der Waals surface area contributed by atoms with Crippen LogP contribution in [0.3, 0.4) is 0 Å². The zero-order valence-corrected chi connectivity index (χ0v) is 12.0. The molecule has 0 unspecified atom stereocenters. The largest absolute Gasteiger partial charge is 0.292 e. The van der Waals surface area contributed by atoms with Crippen LogP contribution in [0.4, 0.5) is 0 Å². The van der Waals surface area contributed by atoms with E-state index >= 15 is 0 Å². The van der Waals surface area contributed by atoms with Crippen LogP contribution in [0.2, 0.25) is 0 Å². The maximum Gasteiger partial charge on any atom is 0.179 e. The molecule has 2 aliphatic heterocycles. The molecule has 0 saturated carbocycles. The molecule has 2 heterocycles. The molecule has 0 radical (unpaired) electrons. The molecule has 104 valence electrons. The van der Waals surface area contributed by atoms with Crippen LogP contribution in [0.25, 0.3) is 0 Å². The topological polar surface area (TPSA) is 20.3 Å². The molecule has 0 spiro atoms. The Morgan fingerprint density at radius 3 is 2.57 bits per heavy atom. The first-order chi connectivity index (χ1) is 10.2. The van der Waals surface area contributed by atoms with Crippen molar-refractivity contribution in [3.8, 4) is 0 Å². The lowest BCUT2D eigenvalue weighted by atomic mass is 9.87. The molecule has 0 aromatic heterocycles. The number of carbonyl (C=O) groups is 1. The monoisotopic (exact) mass is 275 g/mol. The average Bonchev–Trinajstić information content (AvgIpc) is 2.69. The first kappa shape index (κ1) is 12.5. The molecule has 2 aromatic carbocycles. The summed E-state index contributed by atoms with van der Waals surface area (Å²) in [6.45, 7) is 2.84. The van der Waals surface area contributed by atoms with E-state index in [1.807, 2.05) is 30.3 Å². The third kappa shape index (κ3) is 1.66. The molecule has 0 amide bonds. The third-order valence-corrected chi connectivity index (χ3v) is 4.82. The van der Waals surface area contributed by atoms with Crippen molar-refractivity contribution in [2.45, 2.75) is 25.0 Å². The van der Waals surface area contributed by atoms with Crippen molar-refractivity contribution in [1.82, 2.24) is 4.90 Å². The van der Waals surface area contributed by atoms with Gasteiger partial charge in [0.1, 0.15) is 5.54 Å². The van der Waals surface area contributed by atoms with Crippen molar-refractivity contribution in [3.63, 3.8) is 0 Å². The second-order valence-electron chi connectivity index (χ2n) is 5.94. The quantitative estimate of drug-likeness (QED) is 0.834. The van der Waals surface area contributed by atoms with E-state index in [1.54, 1.807) is 6.08 Å². The van der Waals surface area contributed by atoms with Crippen LogP contribution in [0.5, 0.6) is 0 Å². The summed E-state index contributed by atoms with van der Waals surface area (Å²) in [6.07, 6.45) is 3.80. The number of hydrogen-bond acceptors (Lipinski definition) is 2. The normalized spacial score (nSPS) is 26.9. The number of benzene rings is 2. The highest BCUT2D eigenvalue weighted by atomic mass is 16.1. The fourth-order valence-electron chi connectivity index (χ4n) is 3.66. The predicted molar refractivity (Wildman–Crippen MR) is 82.7 cm³/mol. The van der Waals surface area contributed by atoms with Crippen LogP contribution in [0.15, 0.2) is 66.7 Å². The van der Waals surface area contributed by atoms with E-state index in [9.17, 15) is 4.79 Å². The molecule has 21 heavy (non-hydrogen) atoms. The molecule has 2 aliphatic rings. The van der Waals surface area contributed by atoms with Crippen molar-refractivity contribution in [2.75, 3.05) is 0 Å². The number of ketones is 1. The van der Waals surface area contributed by atoms with E-state index in [2.05, 4.69) is 42.2 Å². The summed E-state index contributed by atoms with van der Waals surface area (Å²) in [6, 6.07) is 18.9.